The minimum atomic E-state index is -2.04. The first kappa shape index (κ1) is 42.7. The lowest BCUT2D eigenvalue weighted by Gasteiger charge is -2.44. The van der Waals surface area contributed by atoms with Crippen molar-refractivity contribution in [1.29, 1.82) is 0 Å². The highest BCUT2D eigenvalue weighted by Crippen LogP contribution is 2.42. The van der Waals surface area contributed by atoms with E-state index in [2.05, 4.69) is 0 Å². The fraction of sp³-hybridized carbons (Fsp3) is 0.553. The van der Waals surface area contributed by atoms with E-state index in [1.807, 2.05) is 0 Å². The van der Waals surface area contributed by atoms with Crippen LogP contribution in [0.25, 0.3) is 22.3 Å². The zero-order valence-electron chi connectivity index (χ0n) is 31.0. The fourth-order valence-corrected chi connectivity index (χ4v) is 7.07. The molecule has 1 saturated carbocycles. The van der Waals surface area contributed by atoms with Crippen molar-refractivity contribution in [2.75, 3.05) is 6.61 Å². The third-order valence-electron chi connectivity index (χ3n) is 10.5. The van der Waals surface area contributed by atoms with Gasteiger partial charge in [-0.2, -0.15) is 0 Å². The number of benzene rings is 2. The molecule has 3 aliphatic rings. The van der Waals surface area contributed by atoms with Gasteiger partial charge in [-0.25, -0.2) is 0 Å². The Morgan fingerprint density at radius 3 is 2.12 bits per heavy atom. The molecule has 2 saturated heterocycles. The van der Waals surface area contributed by atoms with Crippen LogP contribution in [0.15, 0.2) is 51.2 Å². The summed E-state index contributed by atoms with van der Waals surface area (Å²) in [4.78, 5) is 14.6. The molecule has 0 radical (unpaired) electrons. The van der Waals surface area contributed by atoms with E-state index in [0.717, 1.165) is 11.6 Å². The largest absolute Gasteiger partial charge is 0.508 e. The molecule has 3 heterocycles. The average molecular weight is 809 g/mol. The van der Waals surface area contributed by atoms with Gasteiger partial charge in [-0.1, -0.05) is 11.6 Å². The molecule has 3 aromatic rings. The van der Waals surface area contributed by atoms with Gasteiger partial charge in [-0.05, 0) is 57.9 Å². The molecule has 15 atom stereocenters. The predicted octanol–water partition coefficient (Wildman–Crippen LogP) is -1.79. The van der Waals surface area contributed by atoms with Crippen LogP contribution >= 0.6 is 0 Å². The van der Waals surface area contributed by atoms with Gasteiger partial charge in [0.2, 0.25) is 17.5 Å². The number of hydrogen-bond acceptors (Lipinski definition) is 19. The van der Waals surface area contributed by atoms with E-state index in [4.69, 9.17) is 28.1 Å². The van der Waals surface area contributed by atoms with Crippen molar-refractivity contribution in [1.82, 2.24) is 0 Å². The van der Waals surface area contributed by atoms with Crippen molar-refractivity contribution in [3.8, 4) is 34.3 Å². The minimum Gasteiger partial charge on any atom is -0.508 e. The van der Waals surface area contributed by atoms with Crippen molar-refractivity contribution in [3.63, 3.8) is 0 Å². The van der Waals surface area contributed by atoms with Crippen LogP contribution in [0.4, 0.5) is 0 Å². The molecule has 2 aliphatic heterocycles. The summed E-state index contributed by atoms with van der Waals surface area (Å²) in [6.07, 6.45) is -22.5. The standard InChI is InChI=1S/C38H48O19/c1-13(2)4-9-18-20(53-21-10-16(12-39)24(43)27(46)25(21)44)11-19(41)22-26(45)34(32(54-33(18)22)15-5-7-17(40)8-6-15)55-38-35(29(48)23(42)14(3)52-38)56-37-31(50)28(47)30(49)36(51)57-37/h4-8,11,14,16,21,23-25,27-31,35-44,46-51H,9-10,12H2,1-3H3. The van der Waals surface area contributed by atoms with Crippen LogP contribution in [-0.4, -0.2) is 154 Å². The molecule has 12 N–H and O–H groups in total. The predicted molar refractivity (Wildman–Crippen MR) is 193 cm³/mol. The third-order valence-corrected chi connectivity index (χ3v) is 10.5. The van der Waals surface area contributed by atoms with Crippen LogP contribution in [0.5, 0.6) is 23.0 Å². The number of ether oxygens (including phenoxy) is 5. The van der Waals surface area contributed by atoms with Gasteiger partial charge in [-0.15, -0.1) is 0 Å². The van der Waals surface area contributed by atoms with Crippen molar-refractivity contribution in [2.24, 2.45) is 5.92 Å². The molecular formula is C38H48O19. The van der Waals surface area contributed by atoms with Gasteiger partial charge >= 0.3 is 0 Å². The highest BCUT2D eigenvalue weighted by Gasteiger charge is 2.51. The second-order valence-electron chi connectivity index (χ2n) is 14.8. The Morgan fingerprint density at radius 1 is 0.807 bits per heavy atom. The monoisotopic (exact) mass is 808 g/mol. The molecule has 15 unspecified atom stereocenters. The molecule has 19 heteroatoms. The Balaban J connectivity index is 1.50. The number of rotatable bonds is 10. The van der Waals surface area contributed by atoms with Gasteiger partial charge in [0.05, 0.1) is 12.2 Å². The van der Waals surface area contributed by atoms with Gasteiger partial charge in [0.15, 0.2) is 24.4 Å². The maximum atomic E-state index is 14.6. The van der Waals surface area contributed by atoms with E-state index >= 15 is 0 Å². The summed E-state index contributed by atoms with van der Waals surface area (Å²) in [6.45, 7) is 4.45. The van der Waals surface area contributed by atoms with Crippen LogP contribution in [-0.2, 0) is 20.6 Å². The van der Waals surface area contributed by atoms with Crippen molar-refractivity contribution in [3.05, 3.63) is 57.8 Å². The summed E-state index contributed by atoms with van der Waals surface area (Å²) in [5.41, 5.74) is -0.0617. The van der Waals surface area contributed by atoms with E-state index in [9.17, 15) is 66.1 Å². The van der Waals surface area contributed by atoms with Crippen molar-refractivity contribution >= 4 is 11.0 Å². The lowest BCUT2D eigenvalue weighted by molar-refractivity contribution is -0.377. The topological polar surface area (TPSA) is 319 Å². The van der Waals surface area contributed by atoms with E-state index < -0.39 is 121 Å². The first-order valence-corrected chi connectivity index (χ1v) is 18.2. The zero-order chi connectivity index (χ0) is 41.6. The zero-order valence-corrected chi connectivity index (χ0v) is 31.0. The molecule has 314 valence electrons. The summed E-state index contributed by atoms with van der Waals surface area (Å²) in [5.74, 6) is -2.73. The molecule has 2 aromatic carbocycles. The molecule has 19 nitrogen and oxygen atoms in total. The fourth-order valence-electron chi connectivity index (χ4n) is 7.07. The summed E-state index contributed by atoms with van der Waals surface area (Å²) in [7, 11) is 0. The van der Waals surface area contributed by atoms with Gasteiger partial charge < -0.3 is 89.4 Å². The number of phenolic OH excluding ortho intramolecular Hbond substituents is 2. The minimum absolute atomic E-state index is 0.0311. The van der Waals surface area contributed by atoms with Crippen LogP contribution in [0.3, 0.4) is 0 Å². The van der Waals surface area contributed by atoms with Crippen LogP contribution < -0.4 is 14.9 Å². The van der Waals surface area contributed by atoms with Gasteiger partial charge in [0.25, 0.3) is 0 Å². The average Bonchev–Trinajstić information content (AvgIpc) is 3.17. The molecule has 57 heavy (non-hydrogen) atoms. The first-order chi connectivity index (χ1) is 26.9. The normalized spacial score (nSPS) is 35.8. The number of hydrogen-bond donors (Lipinski definition) is 12. The molecule has 1 aromatic heterocycles. The number of aliphatic hydroxyl groups is 10. The quantitative estimate of drug-likeness (QED) is 0.101. The Hall–Kier alpha value is -3.93. The smallest absolute Gasteiger partial charge is 0.239 e. The second-order valence-corrected chi connectivity index (χ2v) is 14.8. The molecule has 0 bridgehead atoms. The van der Waals surface area contributed by atoms with E-state index in [1.54, 1.807) is 19.9 Å². The van der Waals surface area contributed by atoms with Crippen LogP contribution in [0.1, 0.15) is 32.8 Å². The lowest BCUT2D eigenvalue weighted by atomic mass is 9.81. The molecule has 1 aliphatic carbocycles. The first-order valence-electron chi connectivity index (χ1n) is 18.2. The number of aliphatic hydroxyl groups excluding tert-OH is 10. The summed E-state index contributed by atoms with van der Waals surface area (Å²) in [6, 6.07) is 6.40. The summed E-state index contributed by atoms with van der Waals surface area (Å²) in [5, 5.41) is 125. The van der Waals surface area contributed by atoms with Gasteiger partial charge in [0.1, 0.15) is 77.0 Å². The second kappa shape index (κ2) is 17.1. The Bertz CT molecular complexity index is 1960. The third kappa shape index (κ3) is 8.35. The molecule has 0 spiro atoms. The molecular weight excluding hydrogens is 760 g/mol. The number of fused-ring (bicyclic) bond motifs is 1. The highest BCUT2D eigenvalue weighted by molar-refractivity contribution is 5.91. The van der Waals surface area contributed by atoms with Crippen LogP contribution in [0.2, 0.25) is 0 Å². The van der Waals surface area contributed by atoms with E-state index in [1.165, 1.54) is 31.2 Å². The molecule has 6 rings (SSSR count). The summed E-state index contributed by atoms with van der Waals surface area (Å²) < 4.78 is 35.3. The van der Waals surface area contributed by atoms with E-state index in [-0.39, 0.29) is 46.8 Å². The van der Waals surface area contributed by atoms with Gasteiger partial charge in [0, 0.05) is 29.7 Å². The maximum absolute atomic E-state index is 14.6. The Morgan fingerprint density at radius 2 is 1.47 bits per heavy atom. The highest BCUT2D eigenvalue weighted by atomic mass is 16.8. The SMILES string of the molecule is CC(C)=CCc1c(OC2CC(CO)C(O)C(O)C2O)cc(O)c2c(=O)c(OC3OC(C)C(O)C(O)C3OC3OC(O)C(O)C(O)C3O)c(-c3ccc(O)cc3)oc12. The maximum Gasteiger partial charge on any atom is 0.239 e. The summed E-state index contributed by atoms with van der Waals surface area (Å²) >= 11 is 0. The number of allylic oxidation sites excluding steroid dienone is 2. The lowest BCUT2D eigenvalue weighted by Crippen LogP contribution is -2.64. The number of aromatic hydroxyl groups is 2. The van der Waals surface area contributed by atoms with Gasteiger partial charge in [-0.3, -0.25) is 4.79 Å². The number of phenols is 2. The molecule has 0 amide bonds. The van der Waals surface area contributed by atoms with Crippen molar-refractivity contribution < 1.29 is 89.4 Å². The Labute approximate surface area is 324 Å². The molecule has 3 fully saturated rings. The van der Waals surface area contributed by atoms with Crippen LogP contribution in [0, 0.1) is 5.92 Å². The van der Waals surface area contributed by atoms with E-state index in [0.29, 0.717) is 0 Å². The Kier molecular flexibility index (Phi) is 12.8. The van der Waals surface area contributed by atoms with Crippen molar-refractivity contribution in [2.45, 2.75) is 120 Å².